The third-order valence-electron chi connectivity index (χ3n) is 6.52. The molecule has 1 aliphatic rings. The van der Waals surface area contributed by atoms with Gasteiger partial charge in [0.1, 0.15) is 5.75 Å². The Labute approximate surface area is 206 Å². The van der Waals surface area contributed by atoms with E-state index in [1.165, 1.54) is 22.5 Å². The Bertz CT molecular complexity index is 1330. The number of aromatic nitrogens is 2. The van der Waals surface area contributed by atoms with Gasteiger partial charge in [-0.25, -0.2) is 0 Å². The van der Waals surface area contributed by atoms with Crippen LogP contribution in [0.25, 0.3) is 5.69 Å². The summed E-state index contributed by atoms with van der Waals surface area (Å²) in [5.74, 6) is 0.783. The van der Waals surface area contributed by atoms with Crippen LogP contribution in [0.15, 0.2) is 79.0 Å². The lowest BCUT2D eigenvalue weighted by Crippen LogP contribution is -2.30. The van der Waals surface area contributed by atoms with Crippen LogP contribution in [-0.4, -0.2) is 21.8 Å². The fourth-order valence-corrected chi connectivity index (χ4v) is 5.28. The number of nitrogens with zero attached hydrogens (tertiary/aromatic N) is 3. The van der Waals surface area contributed by atoms with E-state index in [9.17, 15) is 0 Å². The molecule has 0 aliphatic carbocycles. The highest BCUT2D eigenvalue weighted by atomic mass is 32.1. The number of thiocarbonyl (C=S) groups is 1. The molecule has 172 valence electrons. The van der Waals surface area contributed by atoms with Gasteiger partial charge in [-0.2, -0.15) is 0 Å². The normalized spacial score (nSPS) is 17.6. The molecule has 34 heavy (non-hydrogen) atoms. The Hall–Kier alpha value is -3.64. The van der Waals surface area contributed by atoms with E-state index >= 15 is 0 Å². The van der Waals surface area contributed by atoms with Crippen LogP contribution in [0, 0.1) is 20.8 Å². The third kappa shape index (κ3) is 3.74. The second-order valence-corrected chi connectivity index (χ2v) is 9.05. The van der Waals surface area contributed by atoms with Gasteiger partial charge in [0.15, 0.2) is 5.11 Å². The van der Waals surface area contributed by atoms with Gasteiger partial charge in [-0.3, -0.25) is 4.98 Å². The lowest BCUT2D eigenvalue weighted by atomic mass is 9.96. The van der Waals surface area contributed by atoms with Crippen molar-refractivity contribution in [1.82, 2.24) is 14.9 Å². The molecule has 0 radical (unpaired) electrons. The zero-order chi connectivity index (χ0) is 23.8. The number of anilines is 1. The molecule has 0 amide bonds. The summed E-state index contributed by atoms with van der Waals surface area (Å²) in [7, 11) is 1.69. The van der Waals surface area contributed by atoms with Crippen molar-refractivity contribution in [1.29, 1.82) is 0 Å². The van der Waals surface area contributed by atoms with E-state index in [2.05, 4.69) is 83.0 Å². The summed E-state index contributed by atoms with van der Waals surface area (Å²) in [6, 6.07) is 24.7. The van der Waals surface area contributed by atoms with Gasteiger partial charge in [0.05, 0.1) is 30.6 Å². The van der Waals surface area contributed by atoms with Crippen LogP contribution >= 0.6 is 12.2 Å². The summed E-state index contributed by atoms with van der Waals surface area (Å²) in [6.45, 7) is 6.44. The van der Waals surface area contributed by atoms with E-state index in [1.807, 2.05) is 36.5 Å². The zero-order valence-electron chi connectivity index (χ0n) is 19.8. The minimum atomic E-state index is -0.106. The lowest BCUT2D eigenvalue weighted by Gasteiger charge is -2.29. The monoisotopic (exact) mass is 468 g/mol. The number of hydrogen-bond donors (Lipinski definition) is 1. The van der Waals surface area contributed by atoms with Crippen molar-refractivity contribution >= 4 is 23.0 Å². The van der Waals surface area contributed by atoms with E-state index in [1.54, 1.807) is 7.11 Å². The Morgan fingerprint density at radius 1 is 0.941 bits per heavy atom. The fourth-order valence-electron chi connectivity index (χ4n) is 4.94. The third-order valence-corrected chi connectivity index (χ3v) is 6.84. The summed E-state index contributed by atoms with van der Waals surface area (Å²) in [5, 5.41) is 4.21. The molecule has 1 fully saturated rings. The SMILES string of the molecule is COc1ccccc1N1C(=S)N[C@H](c2ccccn2)[C@H]1c1cc(C)n(-c2ccc(C)cc2)c1C. The molecule has 0 spiro atoms. The molecular formula is C28H28N4OS. The number of pyridine rings is 1. The summed E-state index contributed by atoms with van der Waals surface area (Å²) in [5.41, 5.74) is 7.84. The molecular weight excluding hydrogens is 440 g/mol. The first kappa shape index (κ1) is 22.2. The first-order valence-corrected chi connectivity index (χ1v) is 11.8. The number of hydrogen-bond acceptors (Lipinski definition) is 3. The van der Waals surface area contributed by atoms with E-state index in [0.717, 1.165) is 22.8 Å². The summed E-state index contributed by atoms with van der Waals surface area (Å²) < 4.78 is 8.03. The Kier molecular flexibility index (Phi) is 5.84. The molecule has 2 atom stereocenters. The molecule has 0 saturated carbocycles. The highest BCUT2D eigenvalue weighted by molar-refractivity contribution is 7.80. The van der Waals surface area contributed by atoms with Gasteiger partial charge < -0.3 is 19.5 Å². The Morgan fingerprint density at radius 3 is 2.38 bits per heavy atom. The fraction of sp³-hybridized carbons (Fsp3) is 0.214. The van der Waals surface area contributed by atoms with Gasteiger partial charge in [0, 0.05) is 23.3 Å². The summed E-state index contributed by atoms with van der Waals surface area (Å²) in [6.07, 6.45) is 1.83. The smallest absolute Gasteiger partial charge is 0.174 e. The van der Waals surface area contributed by atoms with Gasteiger partial charge >= 0.3 is 0 Å². The molecule has 2 aromatic heterocycles. The standard InChI is InChI=1S/C28H28N4OS/c1-18-12-14-21(15-13-18)31-19(2)17-22(20(31)3)27-26(23-9-7-8-16-29-23)30-28(34)32(27)24-10-5-6-11-25(24)33-4/h5-17,26-27H,1-4H3,(H,30,34)/t26-,27-/m1/s1. The van der Waals surface area contributed by atoms with E-state index in [-0.39, 0.29) is 12.1 Å². The molecule has 2 aromatic carbocycles. The van der Waals surface area contributed by atoms with Gasteiger partial charge in [-0.15, -0.1) is 0 Å². The number of para-hydroxylation sites is 2. The largest absolute Gasteiger partial charge is 0.495 e. The maximum absolute atomic E-state index is 5.90. The highest BCUT2D eigenvalue weighted by Gasteiger charge is 2.43. The van der Waals surface area contributed by atoms with Gasteiger partial charge in [0.25, 0.3) is 0 Å². The molecule has 3 heterocycles. The zero-order valence-corrected chi connectivity index (χ0v) is 20.6. The second kappa shape index (κ2) is 8.95. The topological polar surface area (TPSA) is 42.3 Å². The van der Waals surface area contributed by atoms with Crippen LogP contribution < -0.4 is 15.0 Å². The number of methoxy groups -OCH3 is 1. The number of aryl methyl sites for hydroxylation is 2. The molecule has 1 N–H and O–H groups in total. The quantitative estimate of drug-likeness (QED) is 0.365. The van der Waals surface area contributed by atoms with Crippen molar-refractivity contribution in [2.24, 2.45) is 0 Å². The van der Waals surface area contributed by atoms with Crippen LogP contribution in [0.2, 0.25) is 0 Å². The van der Waals surface area contributed by atoms with E-state index in [0.29, 0.717) is 5.11 Å². The maximum Gasteiger partial charge on any atom is 0.174 e. The molecule has 0 unspecified atom stereocenters. The maximum atomic E-state index is 5.90. The molecule has 5 rings (SSSR count). The van der Waals surface area contributed by atoms with Crippen LogP contribution in [0.4, 0.5) is 5.69 Å². The van der Waals surface area contributed by atoms with Crippen LogP contribution in [0.3, 0.4) is 0 Å². The van der Waals surface area contributed by atoms with Crippen LogP contribution in [0.5, 0.6) is 5.75 Å². The Balaban J connectivity index is 1.70. The molecule has 1 aliphatic heterocycles. The highest BCUT2D eigenvalue weighted by Crippen LogP contribution is 2.46. The van der Waals surface area contributed by atoms with Crippen molar-refractivity contribution < 1.29 is 4.74 Å². The predicted molar refractivity (Wildman–Crippen MR) is 141 cm³/mol. The van der Waals surface area contributed by atoms with Crippen molar-refractivity contribution in [3.8, 4) is 11.4 Å². The average Bonchev–Trinajstić information content (AvgIpc) is 3.35. The molecule has 5 nitrogen and oxygen atoms in total. The van der Waals surface area contributed by atoms with Gasteiger partial charge in [-0.1, -0.05) is 35.9 Å². The Morgan fingerprint density at radius 2 is 1.68 bits per heavy atom. The number of rotatable bonds is 5. The molecule has 1 saturated heterocycles. The first-order chi connectivity index (χ1) is 16.5. The predicted octanol–water partition coefficient (Wildman–Crippen LogP) is 5.98. The van der Waals surface area contributed by atoms with E-state index < -0.39 is 0 Å². The molecule has 0 bridgehead atoms. The first-order valence-electron chi connectivity index (χ1n) is 11.4. The molecule has 6 heteroatoms. The lowest BCUT2D eigenvalue weighted by molar-refractivity contribution is 0.414. The number of nitrogens with one attached hydrogen (secondary N) is 1. The summed E-state index contributed by atoms with van der Waals surface area (Å²) >= 11 is 5.90. The summed E-state index contributed by atoms with van der Waals surface area (Å²) in [4.78, 5) is 6.86. The minimum absolute atomic E-state index is 0.0934. The average molecular weight is 469 g/mol. The van der Waals surface area contributed by atoms with Crippen LogP contribution in [0.1, 0.15) is 40.3 Å². The number of benzene rings is 2. The van der Waals surface area contributed by atoms with Crippen LogP contribution in [-0.2, 0) is 0 Å². The minimum Gasteiger partial charge on any atom is -0.495 e. The van der Waals surface area contributed by atoms with Crippen molar-refractivity contribution in [2.45, 2.75) is 32.9 Å². The second-order valence-electron chi connectivity index (χ2n) is 8.67. The number of ether oxygens (including phenoxy) is 1. The van der Waals surface area contributed by atoms with Gasteiger partial charge in [0.2, 0.25) is 0 Å². The van der Waals surface area contributed by atoms with E-state index in [4.69, 9.17) is 17.0 Å². The van der Waals surface area contributed by atoms with Crippen molar-refractivity contribution in [3.63, 3.8) is 0 Å². The van der Waals surface area contributed by atoms with Crippen molar-refractivity contribution in [2.75, 3.05) is 12.0 Å². The van der Waals surface area contributed by atoms with Crippen molar-refractivity contribution in [3.05, 3.63) is 107 Å². The van der Waals surface area contributed by atoms with Gasteiger partial charge in [-0.05, 0) is 81.0 Å². The molecule has 4 aromatic rings.